The van der Waals surface area contributed by atoms with Crippen LogP contribution < -0.4 is 0 Å². The van der Waals surface area contributed by atoms with Gasteiger partial charge in [0.15, 0.2) is 5.82 Å². The zero-order valence-corrected chi connectivity index (χ0v) is 11.8. The van der Waals surface area contributed by atoms with Gasteiger partial charge in [-0.2, -0.15) is 13.2 Å². The number of rotatable bonds is 4. The minimum atomic E-state index is -4.55. The molecule has 2 rings (SSSR count). The summed E-state index contributed by atoms with van der Waals surface area (Å²) in [7, 11) is 0. The van der Waals surface area contributed by atoms with Crippen LogP contribution in [0.15, 0.2) is 18.2 Å². The van der Waals surface area contributed by atoms with Crippen LogP contribution in [-0.4, -0.2) is 14.8 Å². The molecule has 0 atom stereocenters. The van der Waals surface area contributed by atoms with Crippen molar-refractivity contribution in [3.63, 3.8) is 0 Å². The minimum absolute atomic E-state index is 0.0492. The van der Waals surface area contributed by atoms with Crippen LogP contribution in [0.4, 0.5) is 17.6 Å². The maximum atomic E-state index is 13.9. The Balaban J connectivity index is 2.58. The zero-order chi connectivity index (χ0) is 15.6. The Morgan fingerprint density at radius 1 is 1.24 bits per heavy atom. The molecule has 2 aromatic rings. The van der Waals surface area contributed by atoms with Gasteiger partial charge in [0.05, 0.1) is 17.0 Å². The molecule has 0 saturated carbocycles. The van der Waals surface area contributed by atoms with E-state index in [2.05, 4.69) is 10.2 Å². The van der Waals surface area contributed by atoms with E-state index < -0.39 is 17.6 Å². The van der Waals surface area contributed by atoms with Gasteiger partial charge in [-0.15, -0.1) is 21.8 Å². The predicted molar refractivity (Wildman–Crippen MR) is 70.3 cm³/mol. The fourth-order valence-corrected chi connectivity index (χ4v) is 2.16. The summed E-state index contributed by atoms with van der Waals surface area (Å²) in [6, 6.07) is 2.22. The number of benzene rings is 1. The first-order valence-corrected chi connectivity index (χ1v) is 6.77. The summed E-state index contributed by atoms with van der Waals surface area (Å²) in [5.41, 5.74) is -1.17. The highest BCUT2D eigenvalue weighted by Gasteiger charge is 2.32. The number of aromatic nitrogens is 3. The average Bonchev–Trinajstić information content (AvgIpc) is 2.81. The molecule has 0 unspecified atom stereocenters. The molecule has 0 bridgehead atoms. The molecule has 1 aromatic carbocycles. The molecule has 0 radical (unpaired) electrons. The molecule has 114 valence electrons. The van der Waals surface area contributed by atoms with Crippen LogP contribution in [0.25, 0.3) is 11.4 Å². The summed E-state index contributed by atoms with van der Waals surface area (Å²) in [6.07, 6.45) is -3.86. The third-order valence-corrected chi connectivity index (χ3v) is 3.17. The van der Waals surface area contributed by atoms with Crippen molar-refractivity contribution >= 4 is 11.6 Å². The predicted octanol–water partition coefficient (Wildman–Crippen LogP) is 4.25. The van der Waals surface area contributed by atoms with Crippen molar-refractivity contribution in [2.45, 2.75) is 31.9 Å². The fraction of sp³-hybridized carbons (Fsp3) is 0.385. The lowest BCUT2D eigenvalue weighted by Crippen LogP contribution is -2.08. The summed E-state index contributed by atoms with van der Waals surface area (Å²) >= 11 is 5.72. The molecule has 0 N–H and O–H groups in total. The van der Waals surface area contributed by atoms with E-state index in [9.17, 15) is 17.6 Å². The minimum Gasteiger partial charge on any atom is -0.310 e. The number of halogens is 5. The van der Waals surface area contributed by atoms with Crippen LogP contribution in [0.3, 0.4) is 0 Å². The van der Waals surface area contributed by atoms with Gasteiger partial charge < -0.3 is 4.57 Å². The van der Waals surface area contributed by atoms with Crippen LogP contribution in [0.1, 0.15) is 24.7 Å². The third kappa shape index (κ3) is 3.18. The van der Waals surface area contributed by atoms with Gasteiger partial charge in [0.2, 0.25) is 0 Å². The smallest absolute Gasteiger partial charge is 0.310 e. The third-order valence-electron chi connectivity index (χ3n) is 2.93. The van der Waals surface area contributed by atoms with Crippen LogP contribution in [-0.2, 0) is 18.6 Å². The number of nitrogens with zero attached hydrogens (tertiary/aromatic N) is 3. The quantitative estimate of drug-likeness (QED) is 0.622. The van der Waals surface area contributed by atoms with Crippen molar-refractivity contribution in [2.24, 2.45) is 0 Å². The second kappa shape index (κ2) is 6.01. The molecule has 0 aliphatic heterocycles. The molecule has 0 spiro atoms. The van der Waals surface area contributed by atoms with Crippen molar-refractivity contribution in [2.75, 3.05) is 0 Å². The van der Waals surface area contributed by atoms with E-state index in [4.69, 9.17) is 11.6 Å². The highest BCUT2D eigenvalue weighted by atomic mass is 35.5. The van der Waals surface area contributed by atoms with Crippen molar-refractivity contribution < 1.29 is 17.6 Å². The monoisotopic (exact) mass is 321 g/mol. The topological polar surface area (TPSA) is 30.7 Å². The van der Waals surface area contributed by atoms with E-state index >= 15 is 0 Å². The number of alkyl halides is 4. The summed E-state index contributed by atoms with van der Waals surface area (Å²) in [5, 5.41) is 7.58. The molecule has 0 aliphatic carbocycles. The normalized spacial score (nSPS) is 11.9. The first kappa shape index (κ1) is 15.8. The lowest BCUT2D eigenvalue weighted by molar-refractivity contribution is -0.137. The molecular formula is C13H12ClF4N3. The maximum Gasteiger partial charge on any atom is 0.416 e. The molecule has 21 heavy (non-hydrogen) atoms. The first-order chi connectivity index (χ1) is 9.88. The summed E-state index contributed by atoms with van der Waals surface area (Å²) < 4.78 is 53.7. The Labute approximate surface area is 123 Å². The standard InChI is InChI=1S/C13H12ClF4N3/c1-2-5-21-11(7-14)19-20-12(21)9-6-8(13(16,17)18)3-4-10(9)15/h3-4,6H,2,5,7H2,1H3. The van der Waals surface area contributed by atoms with Gasteiger partial charge in [-0.25, -0.2) is 4.39 Å². The molecule has 0 amide bonds. The van der Waals surface area contributed by atoms with Crippen molar-refractivity contribution in [3.8, 4) is 11.4 Å². The Morgan fingerprint density at radius 3 is 2.52 bits per heavy atom. The van der Waals surface area contributed by atoms with Crippen LogP contribution in [0.2, 0.25) is 0 Å². The van der Waals surface area contributed by atoms with E-state index in [1.54, 1.807) is 0 Å². The Hall–Kier alpha value is -1.63. The lowest BCUT2D eigenvalue weighted by Gasteiger charge is -2.11. The molecule has 1 heterocycles. The van der Waals surface area contributed by atoms with Crippen LogP contribution in [0.5, 0.6) is 0 Å². The molecule has 0 fully saturated rings. The van der Waals surface area contributed by atoms with Crippen LogP contribution >= 0.6 is 11.6 Å². The van der Waals surface area contributed by atoms with Gasteiger partial charge in [0.25, 0.3) is 0 Å². The molecule has 0 aliphatic rings. The molecule has 1 aromatic heterocycles. The largest absolute Gasteiger partial charge is 0.416 e. The van der Waals surface area contributed by atoms with E-state index in [0.29, 0.717) is 24.9 Å². The van der Waals surface area contributed by atoms with Crippen molar-refractivity contribution in [1.82, 2.24) is 14.8 Å². The van der Waals surface area contributed by atoms with Gasteiger partial charge in [0, 0.05) is 6.54 Å². The Bertz CT molecular complexity index is 637. The number of hydrogen-bond acceptors (Lipinski definition) is 2. The van der Waals surface area contributed by atoms with Gasteiger partial charge in [-0.1, -0.05) is 6.92 Å². The van der Waals surface area contributed by atoms with Gasteiger partial charge in [-0.3, -0.25) is 0 Å². The highest BCUT2D eigenvalue weighted by molar-refractivity contribution is 6.16. The van der Waals surface area contributed by atoms with Gasteiger partial charge in [0.1, 0.15) is 11.6 Å². The first-order valence-electron chi connectivity index (χ1n) is 6.23. The molecule has 3 nitrogen and oxygen atoms in total. The summed E-state index contributed by atoms with van der Waals surface area (Å²) in [6.45, 7) is 2.32. The van der Waals surface area contributed by atoms with Crippen molar-refractivity contribution in [3.05, 3.63) is 35.4 Å². The highest BCUT2D eigenvalue weighted by Crippen LogP contribution is 2.33. The van der Waals surface area contributed by atoms with E-state index in [0.717, 1.165) is 12.1 Å². The molecular weight excluding hydrogens is 310 g/mol. The summed E-state index contributed by atoms with van der Waals surface area (Å²) in [4.78, 5) is 0. The average molecular weight is 322 g/mol. The van der Waals surface area contributed by atoms with E-state index in [1.807, 2.05) is 6.92 Å². The summed E-state index contributed by atoms with van der Waals surface area (Å²) in [5.74, 6) is -0.288. The molecule has 0 saturated heterocycles. The zero-order valence-electron chi connectivity index (χ0n) is 11.1. The van der Waals surface area contributed by atoms with Crippen LogP contribution in [0, 0.1) is 5.82 Å². The van der Waals surface area contributed by atoms with E-state index in [-0.39, 0.29) is 17.3 Å². The van der Waals surface area contributed by atoms with Gasteiger partial charge >= 0.3 is 6.18 Å². The molecule has 8 heteroatoms. The van der Waals surface area contributed by atoms with Gasteiger partial charge in [-0.05, 0) is 24.6 Å². The SMILES string of the molecule is CCCn1c(CCl)nnc1-c1cc(C(F)(F)F)ccc1F. The second-order valence-corrected chi connectivity index (χ2v) is 4.68. The maximum absolute atomic E-state index is 13.9. The second-order valence-electron chi connectivity index (χ2n) is 4.42. The number of hydrogen-bond donors (Lipinski definition) is 0. The van der Waals surface area contributed by atoms with Crippen molar-refractivity contribution in [1.29, 1.82) is 0 Å². The Kier molecular flexibility index (Phi) is 4.51. The Morgan fingerprint density at radius 2 is 1.95 bits per heavy atom. The lowest BCUT2D eigenvalue weighted by atomic mass is 10.1. The fourth-order valence-electron chi connectivity index (χ4n) is 1.96. The van der Waals surface area contributed by atoms with E-state index in [1.165, 1.54) is 4.57 Å².